The molecule has 0 bridgehead atoms. The van der Waals surface area contributed by atoms with E-state index >= 15 is 0 Å². The van der Waals surface area contributed by atoms with E-state index in [2.05, 4.69) is 46.5 Å². The monoisotopic (exact) mass is 681 g/mol. The summed E-state index contributed by atoms with van der Waals surface area (Å²) in [6, 6.07) is 13.3. The van der Waals surface area contributed by atoms with E-state index in [9.17, 15) is 9.59 Å². The first-order valence-electron chi connectivity index (χ1n) is 13.4. The van der Waals surface area contributed by atoms with Crippen LogP contribution < -0.4 is 13.7 Å². The Morgan fingerprint density at radius 3 is 2.49 bits per heavy atom. The maximum Gasteiger partial charge on any atom is 0.263 e. The summed E-state index contributed by atoms with van der Waals surface area (Å²) >= 11 is 3.66. The van der Waals surface area contributed by atoms with Gasteiger partial charge in [-0.3, -0.25) is 9.59 Å². The van der Waals surface area contributed by atoms with Crippen LogP contribution in [0.25, 0.3) is 5.57 Å². The van der Waals surface area contributed by atoms with Gasteiger partial charge in [0.05, 0.1) is 53.2 Å². The van der Waals surface area contributed by atoms with Crippen LogP contribution in [0.1, 0.15) is 68.9 Å². The lowest BCUT2D eigenvalue weighted by Gasteiger charge is -2.23. The number of benzene rings is 1. The molecule has 4 aromatic rings. The number of anilines is 2. The molecule has 1 unspecified atom stereocenters. The Labute approximate surface area is 257 Å². The number of fused-ring (bicyclic) bond motifs is 1. The number of carbonyl (C=O) groups is 2. The number of carbonyl (C=O) groups excluding carboxylic acids is 2. The van der Waals surface area contributed by atoms with E-state index in [1.807, 2.05) is 67.3 Å². The van der Waals surface area contributed by atoms with Gasteiger partial charge in [-0.05, 0) is 74.6 Å². The highest BCUT2D eigenvalue weighted by Crippen LogP contribution is 2.50. The van der Waals surface area contributed by atoms with Crippen molar-refractivity contribution in [1.29, 1.82) is 0 Å². The second kappa shape index (κ2) is 12.1. The van der Waals surface area contributed by atoms with E-state index in [1.165, 1.54) is 11.3 Å². The van der Waals surface area contributed by atoms with Crippen molar-refractivity contribution in [3.05, 3.63) is 110 Å². The zero-order valence-electron chi connectivity index (χ0n) is 23.6. The van der Waals surface area contributed by atoms with Gasteiger partial charge in [-0.2, -0.15) is 0 Å². The van der Waals surface area contributed by atoms with Gasteiger partial charge >= 0.3 is 0 Å². The van der Waals surface area contributed by atoms with Crippen LogP contribution in [-0.2, 0) is 11.3 Å². The zero-order chi connectivity index (χ0) is 29.3. The summed E-state index contributed by atoms with van der Waals surface area (Å²) in [5.74, 6) is 0.926. The summed E-state index contributed by atoms with van der Waals surface area (Å²) in [5.41, 5.74) is 6.50. The van der Waals surface area contributed by atoms with Crippen LogP contribution >= 0.6 is 34.2 Å². The van der Waals surface area contributed by atoms with E-state index in [-0.39, 0.29) is 24.3 Å². The molecule has 41 heavy (non-hydrogen) atoms. The topological polar surface area (TPSA) is 87.7 Å². The summed E-state index contributed by atoms with van der Waals surface area (Å²) in [4.78, 5) is 29.4. The van der Waals surface area contributed by atoms with Crippen LogP contribution in [0.3, 0.4) is 0 Å². The molecule has 2 N–H and O–H groups in total. The Morgan fingerprint density at radius 1 is 1.07 bits per heavy atom. The van der Waals surface area contributed by atoms with Crippen molar-refractivity contribution in [2.24, 2.45) is 0 Å². The van der Waals surface area contributed by atoms with Gasteiger partial charge in [-0.15, -0.1) is 11.3 Å². The van der Waals surface area contributed by atoms with Gasteiger partial charge in [0.1, 0.15) is 16.4 Å². The van der Waals surface area contributed by atoms with Crippen LogP contribution in [0.4, 0.5) is 11.4 Å². The molecular formula is C32H32IN3O4S. The third-order valence-corrected chi connectivity index (χ3v) is 9.06. The molecule has 0 aliphatic heterocycles. The molecular weight excluding hydrogens is 649 g/mol. The molecule has 212 valence electrons. The van der Waals surface area contributed by atoms with Crippen LogP contribution in [0.5, 0.6) is 0 Å². The zero-order valence-corrected chi connectivity index (χ0v) is 26.6. The lowest BCUT2D eigenvalue weighted by molar-refractivity contribution is -0.112. The third kappa shape index (κ3) is 5.92. The first-order chi connectivity index (χ1) is 19.7. The minimum Gasteiger partial charge on any atom is -0.467 e. The van der Waals surface area contributed by atoms with Crippen molar-refractivity contribution in [1.82, 2.24) is 5.32 Å². The molecule has 1 aromatic carbocycles. The van der Waals surface area contributed by atoms with E-state index in [0.29, 0.717) is 27.5 Å². The van der Waals surface area contributed by atoms with Crippen molar-refractivity contribution in [3.63, 3.8) is 0 Å². The fourth-order valence-corrected chi connectivity index (χ4v) is 7.08. The van der Waals surface area contributed by atoms with Crippen LogP contribution in [0.2, 0.25) is 0 Å². The number of thiophene rings is 1. The molecule has 5 rings (SSSR count). The number of nitrogens with zero attached hydrogens (tertiary/aromatic N) is 1. The van der Waals surface area contributed by atoms with Gasteiger partial charge in [-0.1, -0.05) is 30.7 Å². The number of amides is 2. The predicted octanol–water partition coefficient (Wildman–Crippen LogP) is 8.16. The number of hydrogen-bond acceptors (Lipinski definition) is 6. The molecule has 7 nitrogen and oxygen atoms in total. The number of allylic oxidation sites excluding steroid dienone is 1. The second-order valence-corrected chi connectivity index (χ2v) is 12.8. The van der Waals surface area contributed by atoms with Crippen molar-refractivity contribution in [2.75, 3.05) is 15.5 Å². The molecule has 9 heteroatoms. The molecule has 1 atom stereocenters. The summed E-state index contributed by atoms with van der Waals surface area (Å²) in [6.07, 6.45) is 6.03. The van der Waals surface area contributed by atoms with Crippen molar-refractivity contribution in [3.8, 4) is 0 Å². The number of rotatable bonds is 7. The first kappa shape index (κ1) is 28.9. The van der Waals surface area contributed by atoms with Crippen molar-refractivity contribution >= 4 is 63.0 Å². The van der Waals surface area contributed by atoms with E-state index in [4.69, 9.17) is 8.83 Å². The maximum atomic E-state index is 14.2. The largest absolute Gasteiger partial charge is 0.467 e. The van der Waals surface area contributed by atoms with Gasteiger partial charge in [0.2, 0.25) is 0 Å². The molecule has 0 spiro atoms. The van der Waals surface area contributed by atoms with Crippen LogP contribution in [0, 0.1) is 13.8 Å². The normalized spacial score (nSPS) is 18.1. The Morgan fingerprint density at radius 2 is 1.83 bits per heavy atom. The quantitative estimate of drug-likeness (QED) is 0.152. The highest BCUT2D eigenvalue weighted by molar-refractivity contribution is 14.1. The number of hydrogen-bond donors (Lipinski definition) is 2. The fraction of sp³-hybridized carbons (Fsp3) is 0.250. The van der Waals surface area contributed by atoms with Gasteiger partial charge in [0.25, 0.3) is 11.8 Å². The smallest absolute Gasteiger partial charge is 0.263 e. The molecule has 2 amide bonds. The van der Waals surface area contributed by atoms with Gasteiger partial charge in [0.15, 0.2) is 0 Å². The number of furan rings is 2. The lowest BCUT2D eigenvalue weighted by Crippen LogP contribution is -2.23. The average Bonchev–Trinajstić information content (AvgIpc) is 3.71. The fourth-order valence-electron chi connectivity index (χ4n) is 5.12. The van der Waals surface area contributed by atoms with E-state index in [1.54, 1.807) is 18.6 Å². The van der Waals surface area contributed by atoms with E-state index < -0.39 is 0 Å². The molecule has 0 saturated carbocycles. The van der Waals surface area contributed by atoms with Crippen molar-refractivity contribution < 1.29 is 18.4 Å². The number of halogens is 1. The van der Waals surface area contributed by atoms with E-state index in [0.717, 1.165) is 44.9 Å². The summed E-state index contributed by atoms with van der Waals surface area (Å²) in [5, 5.41) is 6.16. The minimum absolute atomic E-state index is 0.112. The lowest BCUT2D eigenvalue weighted by atomic mass is 9.85. The minimum atomic E-state index is -0.227. The molecule has 3 heterocycles. The van der Waals surface area contributed by atoms with Gasteiger partial charge in [0, 0.05) is 28.7 Å². The maximum absolute atomic E-state index is 14.2. The van der Waals surface area contributed by atoms with Crippen LogP contribution in [-0.4, -0.2) is 18.9 Å². The molecule has 0 saturated heterocycles. The SMILES string of the molecule is CC1=C\CC(C)c2sc(C(=O)NCc3ccco3)c(N(C)I)c2/C(c2ccco2)=C\1C(=O)Nc1ccc(C)cc1C. The van der Waals surface area contributed by atoms with Gasteiger partial charge < -0.3 is 22.6 Å². The van der Waals surface area contributed by atoms with Crippen molar-refractivity contribution in [2.45, 2.75) is 46.6 Å². The first-order valence-corrected chi connectivity index (χ1v) is 15.1. The molecule has 1 aliphatic carbocycles. The molecule has 1 aliphatic rings. The molecule has 3 aromatic heterocycles. The van der Waals surface area contributed by atoms with Gasteiger partial charge in [-0.25, -0.2) is 0 Å². The Balaban J connectivity index is 1.71. The summed E-state index contributed by atoms with van der Waals surface area (Å²) in [6.45, 7) is 8.41. The number of aryl methyl sites for hydroxylation is 2. The number of nitrogens with one attached hydrogen (secondary N) is 2. The summed E-state index contributed by atoms with van der Waals surface area (Å²) < 4.78 is 13.3. The Kier molecular flexibility index (Phi) is 8.55. The highest BCUT2D eigenvalue weighted by atomic mass is 127. The standard InChI is InChI=1S/C32H32IN3O4S/c1-18-10-13-23(21(4)16-18)35-31(37)25-19(2)11-12-20(3)29-27(26(25)24-9-7-15-40-24)28(36(5)33)30(41-29)32(38)34-17-22-8-6-14-39-22/h6-11,13-16,20H,12,17H2,1-5H3,(H,34,38)(H,35,37)/b19-11+,26-25+. The molecule has 0 fully saturated rings. The summed E-state index contributed by atoms with van der Waals surface area (Å²) in [7, 11) is 1.91. The van der Waals surface area contributed by atoms with Crippen LogP contribution in [0.15, 0.2) is 81.0 Å². The third-order valence-electron chi connectivity index (χ3n) is 7.17. The highest BCUT2D eigenvalue weighted by Gasteiger charge is 2.35. The second-order valence-electron chi connectivity index (χ2n) is 10.3. The average molecular weight is 682 g/mol. The Hall–Kier alpha value is -3.57. The predicted molar refractivity (Wildman–Crippen MR) is 173 cm³/mol. The molecule has 0 radical (unpaired) electrons. The Bertz CT molecular complexity index is 1650.